The average molecular weight is 322 g/mol. The van der Waals surface area contributed by atoms with Crippen LogP contribution in [0.15, 0.2) is 42.7 Å². The van der Waals surface area contributed by atoms with E-state index in [4.69, 9.17) is 10.00 Å². The third-order valence-electron chi connectivity index (χ3n) is 1.96. The Morgan fingerprint density at radius 2 is 2.00 bits per heavy atom. The molecule has 3 nitrogen and oxygen atoms in total. The second-order valence-electron chi connectivity index (χ2n) is 3.02. The van der Waals surface area contributed by atoms with Gasteiger partial charge in [0.2, 0.25) is 0 Å². The molecule has 0 atom stereocenters. The first-order chi connectivity index (χ1) is 7.81. The lowest BCUT2D eigenvalue weighted by Gasteiger charge is -2.07. The summed E-state index contributed by atoms with van der Waals surface area (Å²) in [7, 11) is 0. The lowest BCUT2D eigenvalue weighted by atomic mass is 10.3. The Bertz CT molecular complexity index is 549. The second-order valence-corrected chi connectivity index (χ2v) is 4.18. The first-order valence-electron chi connectivity index (χ1n) is 4.58. The van der Waals surface area contributed by atoms with Crippen LogP contribution in [0.25, 0.3) is 0 Å². The van der Waals surface area contributed by atoms with Gasteiger partial charge in [-0.2, -0.15) is 5.26 Å². The minimum atomic E-state index is 0.481. The van der Waals surface area contributed by atoms with E-state index in [1.165, 1.54) is 0 Å². The molecule has 2 aromatic rings. The summed E-state index contributed by atoms with van der Waals surface area (Å²) in [6.45, 7) is 0. The van der Waals surface area contributed by atoms with Gasteiger partial charge in [-0.3, -0.25) is 4.98 Å². The summed E-state index contributed by atoms with van der Waals surface area (Å²) in [6, 6.07) is 11.3. The topological polar surface area (TPSA) is 45.9 Å². The van der Waals surface area contributed by atoms with Gasteiger partial charge in [-0.1, -0.05) is 12.1 Å². The van der Waals surface area contributed by atoms with Crippen molar-refractivity contribution in [2.75, 3.05) is 0 Å². The third-order valence-corrected chi connectivity index (χ3v) is 2.85. The number of nitriles is 1. The Morgan fingerprint density at radius 1 is 1.19 bits per heavy atom. The van der Waals surface area contributed by atoms with E-state index >= 15 is 0 Å². The van der Waals surface area contributed by atoms with Crippen molar-refractivity contribution in [3.8, 4) is 17.6 Å². The molecule has 0 unspecified atom stereocenters. The summed E-state index contributed by atoms with van der Waals surface area (Å²) in [5, 5.41) is 8.91. The zero-order chi connectivity index (χ0) is 11.4. The number of aromatic nitrogens is 1. The van der Waals surface area contributed by atoms with Crippen LogP contribution in [-0.4, -0.2) is 4.98 Å². The fraction of sp³-hybridized carbons (Fsp3) is 0. The summed E-state index contributed by atoms with van der Waals surface area (Å²) in [5.41, 5.74) is 0.481. The molecule has 0 radical (unpaired) electrons. The molecule has 0 amide bonds. The van der Waals surface area contributed by atoms with Crippen LogP contribution < -0.4 is 4.74 Å². The molecule has 0 aliphatic rings. The Morgan fingerprint density at radius 3 is 2.75 bits per heavy atom. The van der Waals surface area contributed by atoms with Crippen LogP contribution in [0.4, 0.5) is 0 Å². The maximum absolute atomic E-state index is 8.91. The molecule has 0 aliphatic heterocycles. The summed E-state index contributed by atoms with van der Waals surface area (Å²) in [6.07, 6.45) is 3.11. The number of rotatable bonds is 2. The van der Waals surface area contributed by atoms with E-state index in [2.05, 4.69) is 33.6 Å². The van der Waals surface area contributed by atoms with Crippen LogP contribution in [0.5, 0.6) is 11.5 Å². The molecule has 1 aromatic heterocycles. The van der Waals surface area contributed by atoms with Crippen molar-refractivity contribution in [1.82, 2.24) is 4.98 Å². The van der Waals surface area contributed by atoms with Gasteiger partial charge in [0, 0.05) is 6.20 Å². The molecule has 1 heterocycles. The Labute approximate surface area is 107 Å². The Balaban J connectivity index is 2.35. The van der Waals surface area contributed by atoms with Gasteiger partial charge in [0.25, 0.3) is 0 Å². The number of benzene rings is 1. The SMILES string of the molecule is N#Cc1ccncc1Oc1ccccc1I. The van der Waals surface area contributed by atoms with Crippen LogP contribution in [0.1, 0.15) is 5.56 Å². The van der Waals surface area contributed by atoms with E-state index in [0.29, 0.717) is 11.3 Å². The Kier molecular flexibility index (Phi) is 3.37. The summed E-state index contributed by atoms with van der Waals surface area (Å²) in [5.74, 6) is 1.21. The molecule has 2 rings (SSSR count). The monoisotopic (exact) mass is 322 g/mol. The molecule has 0 bridgehead atoms. The van der Waals surface area contributed by atoms with Gasteiger partial charge >= 0.3 is 0 Å². The zero-order valence-corrected chi connectivity index (χ0v) is 10.4. The van der Waals surface area contributed by atoms with Crippen molar-refractivity contribution in [3.05, 3.63) is 51.9 Å². The number of hydrogen-bond donors (Lipinski definition) is 0. The van der Waals surface area contributed by atoms with Crippen molar-refractivity contribution in [1.29, 1.82) is 5.26 Å². The van der Waals surface area contributed by atoms with Gasteiger partial charge in [-0.05, 0) is 40.8 Å². The largest absolute Gasteiger partial charge is 0.453 e. The summed E-state index contributed by atoms with van der Waals surface area (Å²) < 4.78 is 6.63. The highest BCUT2D eigenvalue weighted by molar-refractivity contribution is 14.1. The van der Waals surface area contributed by atoms with Gasteiger partial charge in [-0.15, -0.1) is 0 Å². The van der Waals surface area contributed by atoms with Gasteiger partial charge in [-0.25, -0.2) is 0 Å². The molecule has 1 aromatic carbocycles. The minimum absolute atomic E-state index is 0.481. The van der Waals surface area contributed by atoms with E-state index in [-0.39, 0.29) is 0 Å². The van der Waals surface area contributed by atoms with E-state index in [1.807, 2.05) is 24.3 Å². The predicted molar refractivity (Wildman–Crippen MR) is 68.2 cm³/mol. The summed E-state index contributed by atoms with van der Waals surface area (Å²) >= 11 is 2.18. The van der Waals surface area contributed by atoms with Crippen LogP contribution in [0.2, 0.25) is 0 Å². The number of ether oxygens (including phenoxy) is 1. The number of hydrogen-bond acceptors (Lipinski definition) is 3. The zero-order valence-electron chi connectivity index (χ0n) is 8.22. The normalized spacial score (nSPS) is 9.50. The predicted octanol–water partition coefficient (Wildman–Crippen LogP) is 3.35. The number of pyridine rings is 1. The van der Waals surface area contributed by atoms with Gasteiger partial charge < -0.3 is 4.74 Å². The molecule has 78 valence electrons. The van der Waals surface area contributed by atoms with Gasteiger partial charge in [0.15, 0.2) is 5.75 Å². The number of para-hydroxylation sites is 1. The lowest BCUT2D eigenvalue weighted by molar-refractivity contribution is 0.475. The molecule has 16 heavy (non-hydrogen) atoms. The molecule has 0 aliphatic carbocycles. The lowest BCUT2D eigenvalue weighted by Crippen LogP contribution is -1.90. The average Bonchev–Trinajstić information content (AvgIpc) is 2.33. The highest BCUT2D eigenvalue weighted by Gasteiger charge is 2.06. The van der Waals surface area contributed by atoms with Crippen molar-refractivity contribution in [3.63, 3.8) is 0 Å². The minimum Gasteiger partial charge on any atom is -0.453 e. The van der Waals surface area contributed by atoms with Crippen molar-refractivity contribution in [2.24, 2.45) is 0 Å². The first-order valence-corrected chi connectivity index (χ1v) is 5.65. The smallest absolute Gasteiger partial charge is 0.163 e. The van der Waals surface area contributed by atoms with Crippen molar-refractivity contribution in [2.45, 2.75) is 0 Å². The number of halogens is 1. The fourth-order valence-electron chi connectivity index (χ4n) is 1.20. The molecule has 4 heteroatoms. The standard InChI is InChI=1S/C12H7IN2O/c13-10-3-1-2-4-11(10)16-12-8-15-6-5-9(12)7-14/h1-6,8H. The van der Waals surface area contributed by atoms with Crippen LogP contribution in [0.3, 0.4) is 0 Å². The first kappa shape index (κ1) is 10.9. The van der Waals surface area contributed by atoms with E-state index in [9.17, 15) is 0 Å². The summed E-state index contributed by atoms with van der Waals surface area (Å²) in [4.78, 5) is 3.94. The molecule has 0 N–H and O–H groups in total. The highest BCUT2D eigenvalue weighted by Crippen LogP contribution is 2.27. The van der Waals surface area contributed by atoms with E-state index in [1.54, 1.807) is 18.5 Å². The fourth-order valence-corrected chi connectivity index (χ4v) is 1.70. The van der Waals surface area contributed by atoms with Crippen molar-refractivity contribution < 1.29 is 4.74 Å². The van der Waals surface area contributed by atoms with Crippen molar-refractivity contribution >= 4 is 22.6 Å². The third kappa shape index (κ3) is 2.31. The van der Waals surface area contributed by atoms with E-state index in [0.717, 1.165) is 9.32 Å². The van der Waals surface area contributed by atoms with Crippen LogP contribution in [-0.2, 0) is 0 Å². The molecular weight excluding hydrogens is 315 g/mol. The molecule has 0 fully saturated rings. The quantitative estimate of drug-likeness (QED) is 0.797. The van der Waals surface area contributed by atoms with Gasteiger partial charge in [0.1, 0.15) is 11.8 Å². The molecule has 0 saturated heterocycles. The highest BCUT2D eigenvalue weighted by atomic mass is 127. The maximum Gasteiger partial charge on any atom is 0.163 e. The van der Waals surface area contributed by atoms with Gasteiger partial charge in [0.05, 0.1) is 15.3 Å². The molecule has 0 spiro atoms. The number of nitrogens with zero attached hydrogens (tertiary/aromatic N) is 2. The second kappa shape index (κ2) is 4.94. The molecular formula is C12H7IN2O. The van der Waals surface area contributed by atoms with E-state index < -0.39 is 0 Å². The molecule has 0 saturated carbocycles. The Hall–Kier alpha value is -1.61. The van der Waals surface area contributed by atoms with Crippen LogP contribution >= 0.6 is 22.6 Å². The maximum atomic E-state index is 8.91. The van der Waals surface area contributed by atoms with Crippen LogP contribution in [0, 0.1) is 14.9 Å².